The van der Waals surface area contributed by atoms with Crippen molar-refractivity contribution in [3.8, 4) is 0 Å². The molecule has 0 saturated carbocycles. The lowest BCUT2D eigenvalue weighted by molar-refractivity contribution is -0.122. The fourth-order valence-electron chi connectivity index (χ4n) is 3.02. The highest BCUT2D eigenvalue weighted by molar-refractivity contribution is 5.95. The van der Waals surface area contributed by atoms with Crippen LogP contribution in [0, 0.1) is 5.82 Å². The van der Waals surface area contributed by atoms with Gasteiger partial charge in [0.1, 0.15) is 5.82 Å². The molecule has 1 heterocycles. The minimum absolute atomic E-state index is 0.160. The summed E-state index contributed by atoms with van der Waals surface area (Å²) in [5, 5.41) is 0. The van der Waals surface area contributed by atoms with Crippen LogP contribution in [0.4, 0.5) is 10.1 Å². The zero-order valence-electron chi connectivity index (χ0n) is 15.0. The molecule has 7 heteroatoms. The van der Waals surface area contributed by atoms with Crippen LogP contribution < -0.4 is 15.8 Å². The van der Waals surface area contributed by atoms with Gasteiger partial charge in [0.25, 0.3) is 5.91 Å². The van der Waals surface area contributed by atoms with Gasteiger partial charge in [0.05, 0.1) is 0 Å². The molecule has 1 aliphatic rings. The average Bonchev–Trinajstić information content (AvgIpc) is 2.71. The van der Waals surface area contributed by atoms with Gasteiger partial charge in [-0.25, -0.2) is 4.39 Å². The Hall–Kier alpha value is -2.93. The Bertz CT molecular complexity index is 777. The second-order valence-corrected chi connectivity index (χ2v) is 6.43. The van der Waals surface area contributed by atoms with Crippen LogP contribution in [0.15, 0.2) is 54.6 Å². The van der Waals surface area contributed by atoms with E-state index in [0.29, 0.717) is 6.54 Å². The van der Waals surface area contributed by atoms with Crippen molar-refractivity contribution in [2.24, 2.45) is 0 Å². The zero-order chi connectivity index (χ0) is 19.1. The lowest BCUT2D eigenvalue weighted by atomic mass is 10.2. The fourth-order valence-corrected chi connectivity index (χ4v) is 3.02. The highest BCUT2D eigenvalue weighted by atomic mass is 19.1. The summed E-state index contributed by atoms with van der Waals surface area (Å²) in [6.07, 6.45) is 0.286. The van der Waals surface area contributed by atoms with Gasteiger partial charge in [-0.2, -0.15) is 0 Å². The molecule has 1 aliphatic heterocycles. The van der Waals surface area contributed by atoms with Gasteiger partial charge >= 0.3 is 0 Å². The molecule has 2 aromatic rings. The molecule has 0 aliphatic carbocycles. The van der Waals surface area contributed by atoms with Crippen molar-refractivity contribution in [1.82, 2.24) is 15.8 Å². The van der Waals surface area contributed by atoms with Crippen LogP contribution >= 0.6 is 0 Å². The first-order valence-electron chi connectivity index (χ1n) is 8.99. The predicted molar refractivity (Wildman–Crippen MR) is 102 cm³/mol. The van der Waals surface area contributed by atoms with Crippen molar-refractivity contribution in [2.75, 3.05) is 37.6 Å². The molecule has 2 aromatic carbocycles. The maximum absolute atomic E-state index is 13.1. The van der Waals surface area contributed by atoms with E-state index in [0.717, 1.165) is 32.2 Å². The van der Waals surface area contributed by atoms with E-state index in [9.17, 15) is 14.0 Å². The third-order valence-corrected chi connectivity index (χ3v) is 4.55. The average molecular weight is 370 g/mol. The minimum Gasteiger partial charge on any atom is -0.369 e. The van der Waals surface area contributed by atoms with Crippen molar-refractivity contribution in [3.63, 3.8) is 0 Å². The van der Waals surface area contributed by atoms with Gasteiger partial charge in [-0.05, 0) is 30.3 Å². The molecule has 1 fully saturated rings. The molecule has 0 aromatic heterocycles. The van der Waals surface area contributed by atoms with E-state index in [2.05, 4.69) is 32.8 Å². The number of amides is 2. The third-order valence-electron chi connectivity index (χ3n) is 4.55. The molecule has 6 nitrogen and oxygen atoms in total. The first kappa shape index (κ1) is 18.8. The number of carbonyl (C=O) groups is 2. The van der Waals surface area contributed by atoms with Crippen molar-refractivity contribution in [3.05, 3.63) is 66.0 Å². The smallest absolute Gasteiger partial charge is 0.269 e. The van der Waals surface area contributed by atoms with Crippen molar-refractivity contribution in [2.45, 2.75) is 6.42 Å². The van der Waals surface area contributed by atoms with Crippen LogP contribution in [0.3, 0.4) is 0 Å². The zero-order valence-corrected chi connectivity index (χ0v) is 15.0. The number of benzene rings is 2. The number of carbonyl (C=O) groups excluding carboxylic acids is 2. The number of nitrogens with one attached hydrogen (secondary N) is 2. The summed E-state index contributed by atoms with van der Waals surface area (Å²) in [6.45, 7) is 4.24. The molecule has 2 N–H and O–H groups in total. The molecule has 0 unspecified atom stereocenters. The van der Waals surface area contributed by atoms with E-state index in [1.54, 1.807) is 0 Å². The molecule has 0 bridgehead atoms. The fraction of sp³-hybridized carbons (Fsp3) is 0.300. The molecule has 27 heavy (non-hydrogen) atoms. The number of halogens is 1. The molecule has 1 saturated heterocycles. The highest BCUT2D eigenvalue weighted by Crippen LogP contribution is 2.15. The number of hydrogen-bond donors (Lipinski definition) is 2. The van der Waals surface area contributed by atoms with Gasteiger partial charge in [0.2, 0.25) is 5.91 Å². The summed E-state index contributed by atoms with van der Waals surface area (Å²) >= 11 is 0. The van der Waals surface area contributed by atoms with Gasteiger partial charge in [0.15, 0.2) is 0 Å². The molecule has 0 atom stereocenters. The summed E-state index contributed by atoms with van der Waals surface area (Å²) < 4.78 is 13.1. The lowest BCUT2D eigenvalue weighted by Crippen LogP contribution is -2.48. The molecular weight excluding hydrogens is 347 g/mol. The third kappa shape index (κ3) is 5.52. The van der Waals surface area contributed by atoms with E-state index < -0.39 is 11.7 Å². The predicted octanol–water partition coefficient (Wildman–Crippen LogP) is 1.80. The van der Waals surface area contributed by atoms with Gasteiger partial charge < -0.3 is 4.90 Å². The molecule has 0 spiro atoms. The van der Waals surface area contributed by atoms with Crippen LogP contribution in [-0.2, 0) is 4.79 Å². The molecule has 3 rings (SSSR count). The van der Waals surface area contributed by atoms with Gasteiger partial charge in [0, 0.05) is 50.4 Å². The van der Waals surface area contributed by atoms with Crippen LogP contribution in [-0.4, -0.2) is 49.4 Å². The largest absolute Gasteiger partial charge is 0.369 e. The van der Waals surface area contributed by atoms with Crippen LogP contribution in [0.25, 0.3) is 0 Å². The van der Waals surface area contributed by atoms with Crippen molar-refractivity contribution >= 4 is 17.5 Å². The van der Waals surface area contributed by atoms with Gasteiger partial charge in [-0.1, -0.05) is 24.3 Å². The highest BCUT2D eigenvalue weighted by Gasteiger charge is 2.17. The van der Waals surface area contributed by atoms with Crippen LogP contribution in [0.1, 0.15) is 16.8 Å². The number of piperazine rings is 1. The topological polar surface area (TPSA) is 64.7 Å². The summed E-state index contributed by atoms with van der Waals surface area (Å²) in [5.41, 5.74) is 6.06. The summed E-state index contributed by atoms with van der Waals surface area (Å²) in [7, 11) is 0. The van der Waals surface area contributed by atoms with Gasteiger partial charge in [-0.3, -0.25) is 25.3 Å². The van der Waals surface area contributed by atoms with Crippen molar-refractivity contribution in [1.29, 1.82) is 0 Å². The van der Waals surface area contributed by atoms with E-state index in [4.69, 9.17) is 0 Å². The maximum Gasteiger partial charge on any atom is 0.269 e. The first-order valence-corrected chi connectivity index (χ1v) is 8.99. The molecular formula is C20H23FN4O2. The Morgan fingerprint density at radius 2 is 1.67 bits per heavy atom. The van der Waals surface area contributed by atoms with Crippen molar-refractivity contribution < 1.29 is 14.0 Å². The monoisotopic (exact) mass is 370 g/mol. The second-order valence-electron chi connectivity index (χ2n) is 6.43. The molecule has 142 valence electrons. The van der Waals surface area contributed by atoms with E-state index in [-0.39, 0.29) is 17.9 Å². The SMILES string of the molecule is O=C(CCN1CCN(c2ccccc2)CC1)NNC(=O)c1cccc(F)c1. The second kappa shape index (κ2) is 9.14. The Morgan fingerprint density at radius 3 is 2.37 bits per heavy atom. The summed E-state index contributed by atoms with van der Waals surface area (Å²) in [4.78, 5) is 28.4. The van der Waals surface area contributed by atoms with Crippen LogP contribution in [0.5, 0.6) is 0 Å². The Balaban J connectivity index is 1.36. The van der Waals surface area contributed by atoms with E-state index >= 15 is 0 Å². The Morgan fingerprint density at radius 1 is 0.926 bits per heavy atom. The molecule has 0 radical (unpaired) electrons. The minimum atomic E-state index is -0.542. The summed E-state index contributed by atoms with van der Waals surface area (Å²) in [6, 6.07) is 15.6. The van der Waals surface area contributed by atoms with E-state index in [1.165, 1.54) is 23.9 Å². The number of anilines is 1. The van der Waals surface area contributed by atoms with E-state index in [1.807, 2.05) is 18.2 Å². The Labute approximate surface area is 157 Å². The number of rotatable bonds is 5. The summed E-state index contributed by atoms with van der Waals surface area (Å²) in [5.74, 6) is -1.31. The standard InChI is InChI=1S/C20H23FN4O2/c21-17-6-4-5-16(15-17)20(27)23-22-19(26)9-10-24-11-13-25(14-12-24)18-7-2-1-3-8-18/h1-8,15H,9-14H2,(H,22,26)(H,23,27). The maximum atomic E-state index is 13.1. The lowest BCUT2D eigenvalue weighted by Gasteiger charge is -2.36. The first-order chi connectivity index (χ1) is 13.1. The quantitative estimate of drug-likeness (QED) is 0.788. The molecule has 2 amide bonds. The number of para-hydroxylation sites is 1. The number of hydrogen-bond acceptors (Lipinski definition) is 4. The van der Waals surface area contributed by atoms with Gasteiger partial charge in [-0.15, -0.1) is 0 Å². The number of hydrazine groups is 1. The Kier molecular flexibility index (Phi) is 6.38. The normalized spacial score (nSPS) is 14.6. The van der Waals surface area contributed by atoms with Crippen LogP contribution in [0.2, 0.25) is 0 Å². The number of nitrogens with zero attached hydrogens (tertiary/aromatic N) is 2.